The summed E-state index contributed by atoms with van der Waals surface area (Å²) in [6.45, 7) is 2.80. The van der Waals surface area contributed by atoms with Gasteiger partial charge in [-0.15, -0.1) is 11.8 Å². The van der Waals surface area contributed by atoms with E-state index in [2.05, 4.69) is 28.1 Å². The number of amides is 1. The number of likely N-dealkylation sites (tertiary alicyclic amines) is 1. The third-order valence-electron chi connectivity index (χ3n) is 8.15. The third-order valence-corrected chi connectivity index (χ3v) is 10.2. The molecular weight excluding hydrogens is 518 g/mol. The first-order valence-electron chi connectivity index (χ1n) is 11.9. The van der Waals surface area contributed by atoms with Crippen LogP contribution >= 0.6 is 27.7 Å². The van der Waals surface area contributed by atoms with Crippen LogP contribution in [-0.4, -0.2) is 59.9 Å². The zero-order valence-corrected chi connectivity index (χ0v) is 21.6. The van der Waals surface area contributed by atoms with Crippen molar-refractivity contribution in [1.29, 1.82) is 0 Å². The first-order chi connectivity index (χ1) is 16.5. The number of ether oxygens (including phenoxy) is 3. The number of piperidine rings is 1. The number of benzene rings is 2. The Labute approximate surface area is 212 Å². The molecule has 6 nitrogen and oxygen atoms in total. The summed E-state index contributed by atoms with van der Waals surface area (Å²) in [6, 6.07) is 12.2. The minimum Gasteiger partial charge on any atom is -0.493 e. The molecule has 2 aliphatic heterocycles. The molecule has 0 radical (unpaired) electrons. The summed E-state index contributed by atoms with van der Waals surface area (Å²) < 4.78 is 18.8. The van der Waals surface area contributed by atoms with Gasteiger partial charge in [-0.1, -0.05) is 34.1 Å². The number of hydrogen-bond acceptors (Lipinski definition) is 6. The van der Waals surface area contributed by atoms with Crippen LogP contribution in [0.25, 0.3) is 0 Å². The fourth-order valence-corrected chi connectivity index (χ4v) is 8.69. The number of rotatable bonds is 4. The predicted octanol–water partition coefficient (Wildman–Crippen LogP) is 4.79. The molecule has 2 aromatic rings. The molecule has 2 heterocycles. The summed E-state index contributed by atoms with van der Waals surface area (Å²) in [7, 11) is 1.66. The van der Waals surface area contributed by atoms with E-state index < -0.39 is 6.10 Å². The van der Waals surface area contributed by atoms with Gasteiger partial charge in [-0.3, -0.25) is 0 Å². The highest BCUT2D eigenvalue weighted by Crippen LogP contribution is 2.66. The molecule has 1 spiro atoms. The van der Waals surface area contributed by atoms with Gasteiger partial charge in [0, 0.05) is 38.2 Å². The lowest BCUT2D eigenvalue weighted by atomic mass is 9.51. The second kappa shape index (κ2) is 8.35. The Balaban J connectivity index is 1.48. The van der Waals surface area contributed by atoms with E-state index in [1.807, 2.05) is 36.1 Å². The zero-order chi connectivity index (χ0) is 23.6. The lowest BCUT2D eigenvalue weighted by molar-refractivity contribution is -0.0964. The number of hydrogen-bond donors (Lipinski definition) is 1. The molecule has 34 heavy (non-hydrogen) atoms. The highest BCUT2D eigenvalue weighted by Gasteiger charge is 2.68. The van der Waals surface area contributed by atoms with Crippen molar-refractivity contribution in [1.82, 2.24) is 4.90 Å². The van der Waals surface area contributed by atoms with E-state index in [1.165, 1.54) is 5.56 Å². The van der Waals surface area contributed by atoms with Crippen LogP contribution in [0.15, 0.2) is 45.8 Å². The van der Waals surface area contributed by atoms with Gasteiger partial charge in [-0.2, -0.15) is 0 Å². The fraction of sp³-hybridized carbons (Fsp3) is 0.500. The molecule has 0 aromatic heterocycles. The monoisotopic (exact) mass is 545 g/mol. The van der Waals surface area contributed by atoms with Crippen LogP contribution in [0.1, 0.15) is 30.9 Å². The van der Waals surface area contributed by atoms with Gasteiger partial charge in [0.15, 0.2) is 11.5 Å². The Bertz CT molecular complexity index is 1130. The minimum atomic E-state index is -0.641. The van der Waals surface area contributed by atoms with E-state index in [4.69, 9.17) is 14.2 Å². The average Bonchev–Trinajstić information content (AvgIpc) is 3.17. The van der Waals surface area contributed by atoms with Gasteiger partial charge in [0.2, 0.25) is 0 Å². The molecule has 8 heteroatoms. The van der Waals surface area contributed by atoms with Crippen molar-refractivity contribution in [2.24, 2.45) is 5.92 Å². The van der Waals surface area contributed by atoms with Crippen LogP contribution in [0.2, 0.25) is 0 Å². The molecular formula is C26H28BrNO5S. The summed E-state index contributed by atoms with van der Waals surface area (Å²) in [6.07, 6.45) is 0.998. The average molecular weight is 546 g/mol. The van der Waals surface area contributed by atoms with Gasteiger partial charge in [-0.05, 0) is 55.9 Å². The smallest absolute Gasteiger partial charge is 0.410 e. The minimum absolute atomic E-state index is 0.00609. The van der Waals surface area contributed by atoms with Crippen LogP contribution in [0, 0.1) is 5.92 Å². The van der Waals surface area contributed by atoms with Crippen molar-refractivity contribution < 1.29 is 24.1 Å². The topological polar surface area (TPSA) is 68.2 Å². The van der Waals surface area contributed by atoms with Crippen molar-refractivity contribution in [3.8, 4) is 11.5 Å². The molecule has 1 saturated heterocycles. The molecule has 2 fully saturated rings. The van der Waals surface area contributed by atoms with Gasteiger partial charge in [0.05, 0.1) is 13.7 Å². The first kappa shape index (κ1) is 22.6. The Kier molecular flexibility index (Phi) is 5.54. The third kappa shape index (κ3) is 3.07. The van der Waals surface area contributed by atoms with Crippen molar-refractivity contribution in [2.75, 3.05) is 20.3 Å². The molecule has 6 atom stereocenters. The molecule has 180 valence electrons. The van der Waals surface area contributed by atoms with Gasteiger partial charge >= 0.3 is 6.09 Å². The van der Waals surface area contributed by atoms with Crippen molar-refractivity contribution in [3.63, 3.8) is 0 Å². The maximum Gasteiger partial charge on any atom is 0.410 e. The van der Waals surface area contributed by atoms with Gasteiger partial charge < -0.3 is 24.2 Å². The lowest BCUT2D eigenvalue weighted by Gasteiger charge is -2.59. The first-order valence-corrected chi connectivity index (χ1v) is 13.6. The van der Waals surface area contributed by atoms with Gasteiger partial charge in [0.1, 0.15) is 12.2 Å². The van der Waals surface area contributed by atoms with E-state index in [0.717, 1.165) is 39.9 Å². The van der Waals surface area contributed by atoms with Crippen molar-refractivity contribution in [2.45, 2.75) is 60.0 Å². The largest absolute Gasteiger partial charge is 0.493 e. The van der Waals surface area contributed by atoms with Crippen LogP contribution < -0.4 is 9.47 Å². The maximum atomic E-state index is 13.0. The van der Waals surface area contributed by atoms with E-state index in [0.29, 0.717) is 18.9 Å². The number of aliphatic hydroxyl groups is 1. The summed E-state index contributed by atoms with van der Waals surface area (Å²) in [5.41, 5.74) is 1.99. The van der Waals surface area contributed by atoms with Crippen LogP contribution in [0.4, 0.5) is 4.79 Å². The highest BCUT2D eigenvalue weighted by atomic mass is 79.9. The molecule has 0 unspecified atom stereocenters. The quantitative estimate of drug-likeness (QED) is 0.596. The van der Waals surface area contributed by atoms with Crippen LogP contribution in [0.3, 0.4) is 0 Å². The summed E-state index contributed by atoms with van der Waals surface area (Å²) in [5.74, 6) is 1.62. The molecule has 6 rings (SSSR count). The number of nitrogens with zero attached hydrogens (tertiary/aromatic N) is 1. The van der Waals surface area contributed by atoms with E-state index in [-0.39, 0.29) is 34.8 Å². The summed E-state index contributed by atoms with van der Waals surface area (Å²) >= 11 is 5.47. The Morgan fingerprint density at radius 2 is 2.15 bits per heavy atom. The van der Waals surface area contributed by atoms with E-state index in [1.54, 1.807) is 18.9 Å². The molecule has 1 N–H and O–H groups in total. The molecule has 1 amide bonds. The molecule has 2 aromatic carbocycles. The Morgan fingerprint density at radius 3 is 2.88 bits per heavy atom. The van der Waals surface area contributed by atoms with E-state index in [9.17, 15) is 9.90 Å². The van der Waals surface area contributed by atoms with Gasteiger partial charge in [-0.25, -0.2) is 4.79 Å². The molecule has 4 aliphatic rings. The fourth-order valence-electron chi connectivity index (χ4n) is 6.88. The second-order valence-corrected chi connectivity index (χ2v) is 11.7. The number of thioether (sulfide) groups is 1. The maximum absolute atomic E-state index is 13.0. The number of methoxy groups -OCH3 is 1. The van der Waals surface area contributed by atoms with Crippen LogP contribution in [0.5, 0.6) is 11.5 Å². The van der Waals surface area contributed by atoms with E-state index >= 15 is 0 Å². The van der Waals surface area contributed by atoms with Gasteiger partial charge in [0.25, 0.3) is 0 Å². The standard InChI is InChI=1S/C26H28BrNO5S/c1-3-32-25(30)28-10-9-26-16-12-20(34-14-7-5-4-6-8-14)22(29)24(26)33-23-19(31-2)13-17(27)15(21(23)26)11-18(16)28/h4-8,13,16,18,20,22,24,29H,3,9-12H2,1-2H3/t16-,18+,20+,22-,24-,26-/m0/s1. The molecule has 1 saturated carbocycles. The number of carbonyl (C=O) groups is 1. The van der Waals surface area contributed by atoms with Crippen molar-refractivity contribution in [3.05, 3.63) is 52.0 Å². The lowest BCUT2D eigenvalue weighted by Crippen LogP contribution is -2.69. The summed E-state index contributed by atoms with van der Waals surface area (Å²) in [4.78, 5) is 16.0. The number of halogens is 1. The highest BCUT2D eigenvalue weighted by molar-refractivity contribution is 9.10. The summed E-state index contributed by atoms with van der Waals surface area (Å²) in [5, 5.41) is 11.7. The Hall–Kier alpha value is -1.90. The second-order valence-electron chi connectivity index (χ2n) is 9.54. The normalized spacial score (nSPS) is 32.6. The van der Waals surface area contributed by atoms with Crippen LogP contribution in [-0.2, 0) is 16.6 Å². The number of carbonyl (C=O) groups excluding carboxylic acids is 1. The number of aliphatic hydroxyl groups excluding tert-OH is 1. The predicted molar refractivity (Wildman–Crippen MR) is 133 cm³/mol. The SMILES string of the molecule is CCOC(=O)N1CC[C@]23c4c5c(Br)cc(OC)c4O[C@H]2[C@@H](O)[C@H](Sc2ccccc2)C[C@H]3[C@H]1C5. The molecule has 2 aliphatic carbocycles. The Morgan fingerprint density at radius 1 is 1.35 bits per heavy atom. The molecule has 2 bridgehead atoms. The zero-order valence-electron chi connectivity index (χ0n) is 19.2. The van der Waals surface area contributed by atoms with Crippen molar-refractivity contribution >= 4 is 33.8 Å².